The van der Waals surface area contributed by atoms with Gasteiger partial charge in [0.15, 0.2) is 0 Å². The van der Waals surface area contributed by atoms with E-state index in [2.05, 4.69) is 17.6 Å². The summed E-state index contributed by atoms with van der Waals surface area (Å²) >= 11 is 0. The Morgan fingerprint density at radius 2 is 2.19 bits per heavy atom. The van der Waals surface area contributed by atoms with Crippen molar-refractivity contribution in [2.45, 2.75) is 13.8 Å². The van der Waals surface area contributed by atoms with Crippen LogP contribution in [0.5, 0.6) is 0 Å². The van der Waals surface area contributed by atoms with Crippen LogP contribution in [0.3, 0.4) is 0 Å². The number of aromatic amines is 1. The van der Waals surface area contributed by atoms with Gasteiger partial charge in [0.05, 0.1) is 5.52 Å². The van der Waals surface area contributed by atoms with E-state index >= 15 is 0 Å². The number of benzene rings is 1. The van der Waals surface area contributed by atoms with Crippen LogP contribution in [0.25, 0.3) is 17.0 Å². The molecule has 82 valence electrons. The molecule has 0 aliphatic heterocycles. The van der Waals surface area contributed by atoms with Gasteiger partial charge in [0.1, 0.15) is 0 Å². The number of rotatable bonds is 2. The fraction of sp³-hybridized carbons (Fsp3) is 0.143. The van der Waals surface area contributed by atoms with Crippen LogP contribution >= 0.6 is 0 Å². The molecule has 2 heteroatoms. The van der Waals surface area contributed by atoms with Crippen LogP contribution in [0, 0.1) is 6.92 Å². The molecule has 3 N–H and O–H groups in total. The van der Waals surface area contributed by atoms with Crippen molar-refractivity contribution in [1.29, 1.82) is 0 Å². The fourth-order valence-electron chi connectivity index (χ4n) is 1.78. The van der Waals surface area contributed by atoms with Gasteiger partial charge in [-0.25, -0.2) is 0 Å². The molecular weight excluding hydrogens is 196 g/mol. The van der Waals surface area contributed by atoms with Gasteiger partial charge in [0.2, 0.25) is 0 Å². The molecule has 0 atom stereocenters. The lowest BCUT2D eigenvalue weighted by Crippen LogP contribution is -1.90. The monoisotopic (exact) mass is 212 g/mol. The van der Waals surface area contributed by atoms with Crippen molar-refractivity contribution in [2.75, 3.05) is 5.73 Å². The number of H-pyrrole nitrogens is 1. The van der Waals surface area contributed by atoms with E-state index in [9.17, 15) is 0 Å². The van der Waals surface area contributed by atoms with Crippen molar-refractivity contribution in [3.63, 3.8) is 0 Å². The molecule has 0 saturated carbocycles. The maximum absolute atomic E-state index is 5.98. The second-order valence-corrected chi connectivity index (χ2v) is 4.16. The molecule has 2 nitrogen and oxygen atoms in total. The maximum Gasteiger partial charge on any atom is 0.0550 e. The molecule has 2 aromatic rings. The first-order chi connectivity index (χ1) is 7.58. The summed E-state index contributed by atoms with van der Waals surface area (Å²) in [6.07, 6.45) is 3.98. The number of nitrogens with two attached hydrogens (primary N) is 1. The third-order valence-electron chi connectivity index (χ3n) is 2.54. The summed E-state index contributed by atoms with van der Waals surface area (Å²) in [5.74, 6) is 0. The number of aromatic nitrogens is 1. The van der Waals surface area contributed by atoms with E-state index in [4.69, 9.17) is 5.73 Å². The van der Waals surface area contributed by atoms with E-state index in [-0.39, 0.29) is 0 Å². The number of hydrogen-bond acceptors (Lipinski definition) is 1. The molecule has 16 heavy (non-hydrogen) atoms. The lowest BCUT2D eigenvalue weighted by atomic mass is 10.1. The molecule has 0 aliphatic rings. The van der Waals surface area contributed by atoms with Gasteiger partial charge in [-0.15, -0.1) is 0 Å². The third kappa shape index (κ3) is 1.87. The van der Waals surface area contributed by atoms with E-state index in [0.717, 1.165) is 28.0 Å². The lowest BCUT2D eigenvalue weighted by Gasteiger charge is -2.02. The SMILES string of the molecule is C=C(C)/C=C\c1c(N)ccc2cc(C)[nH]c12. The predicted molar refractivity (Wildman–Crippen MR) is 71.3 cm³/mol. The molecule has 0 saturated heterocycles. The highest BCUT2D eigenvalue weighted by Crippen LogP contribution is 2.26. The number of anilines is 1. The molecule has 0 spiro atoms. The summed E-state index contributed by atoms with van der Waals surface area (Å²) in [6, 6.07) is 6.09. The Bertz CT molecular complexity index is 574. The topological polar surface area (TPSA) is 41.8 Å². The molecule has 1 aromatic carbocycles. The van der Waals surface area contributed by atoms with Crippen LogP contribution in [-0.2, 0) is 0 Å². The quantitative estimate of drug-likeness (QED) is 0.579. The van der Waals surface area contributed by atoms with Gasteiger partial charge in [-0.3, -0.25) is 0 Å². The van der Waals surface area contributed by atoms with E-state index in [1.54, 1.807) is 0 Å². The fourth-order valence-corrected chi connectivity index (χ4v) is 1.78. The van der Waals surface area contributed by atoms with Crippen LogP contribution in [0.15, 0.2) is 36.4 Å². The highest BCUT2D eigenvalue weighted by molar-refractivity contribution is 5.93. The lowest BCUT2D eigenvalue weighted by molar-refractivity contribution is 1.30. The minimum Gasteiger partial charge on any atom is -0.398 e. The zero-order chi connectivity index (χ0) is 11.7. The summed E-state index contributed by atoms with van der Waals surface area (Å²) in [5, 5.41) is 1.19. The average Bonchev–Trinajstić information content (AvgIpc) is 2.57. The minimum atomic E-state index is 0.784. The van der Waals surface area contributed by atoms with Crippen molar-refractivity contribution >= 4 is 22.7 Å². The van der Waals surface area contributed by atoms with Crippen LogP contribution in [0.2, 0.25) is 0 Å². The smallest absolute Gasteiger partial charge is 0.0550 e. The number of aryl methyl sites for hydroxylation is 1. The van der Waals surface area contributed by atoms with Crippen molar-refractivity contribution in [2.24, 2.45) is 0 Å². The van der Waals surface area contributed by atoms with Crippen molar-refractivity contribution in [3.05, 3.63) is 47.7 Å². The Morgan fingerprint density at radius 1 is 1.44 bits per heavy atom. The van der Waals surface area contributed by atoms with Crippen LogP contribution < -0.4 is 5.73 Å². The first-order valence-electron chi connectivity index (χ1n) is 5.29. The van der Waals surface area contributed by atoms with E-state index in [1.807, 2.05) is 38.1 Å². The van der Waals surface area contributed by atoms with Gasteiger partial charge in [0.25, 0.3) is 0 Å². The summed E-state index contributed by atoms with van der Waals surface area (Å²) in [7, 11) is 0. The van der Waals surface area contributed by atoms with Gasteiger partial charge in [-0.1, -0.05) is 30.4 Å². The van der Waals surface area contributed by atoms with Gasteiger partial charge < -0.3 is 10.7 Å². The molecular formula is C14H16N2. The summed E-state index contributed by atoms with van der Waals surface area (Å²) in [6.45, 7) is 7.86. The van der Waals surface area contributed by atoms with Gasteiger partial charge in [-0.2, -0.15) is 0 Å². The van der Waals surface area contributed by atoms with Crippen molar-refractivity contribution in [3.8, 4) is 0 Å². The maximum atomic E-state index is 5.98. The average molecular weight is 212 g/mol. The van der Waals surface area contributed by atoms with Crippen molar-refractivity contribution < 1.29 is 0 Å². The van der Waals surface area contributed by atoms with Gasteiger partial charge in [0, 0.05) is 22.3 Å². The normalized spacial score (nSPS) is 11.4. The Labute approximate surface area is 95.5 Å². The predicted octanol–water partition coefficient (Wildman–Crippen LogP) is 3.65. The molecule has 1 heterocycles. The van der Waals surface area contributed by atoms with Crippen LogP contribution in [-0.4, -0.2) is 4.98 Å². The first-order valence-corrected chi connectivity index (χ1v) is 5.29. The van der Waals surface area contributed by atoms with E-state index < -0.39 is 0 Å². The Morgan fingerprint density at radius 3 is 2.88 bits per heavy atom. The van der Waals surface area contributed by atoms with E-state index in [0.29, 0.717) is 0 Å². The molecule has 0 radical (unpaired) electrons. The molecule has 0 fully saturated rings. The highest BCUT2D eigenvalue weighted by Gasteiger charge is 2.04. The molecule has 0 unspecified atom stereocenters. The number of fused-ring (bicyclic) bond motifs is 1. The third-order valence-corrected chi connectivity index (χ3v) is 2.54. The Hall–Kier alpha value is -1.96. The zero-order valence-electron chi connectivity index (χ0n) is 9.67. The Kier molecular flexibility index (Phi) is 2.57. The second kappa shape index (κ2) is 3.89. The molecule has 1 aromatic heterocycles. The van der Waals surface area contributed by atoms with Crippen LogP contribution in [0.4, 0.5) is 5.69 Å². The minimum absolute atomic E-state index is 0.784. The number of nitrogens with one attached hydrogen (secondary N) is 1. The molecule has 0 aliphatic carbocycles. The van der Waals surface area contributed by atoms with Gasteiger partial charge in [-0.05, 0) is 26.0 Å². The molecule has 0 bridgehead atoms. The summed E-state index contributed by atoms with van der Waals surface area (Å²) in [4.78, 5) is 3.33. The number of allylic oxidation sites excluding steroid dienone is 2. The van der Waals surface area contributed by atoms with Crippen LogP contribution in [0.1, 0.15) is 18.2 Å². The molecule has 2 rings (SSSR count). The van der Waals surface area contributed by atoms with E-state index in [1.165, 1.54) is 5.39 Å². The second-order valence-electron chi connectivity index (χ2n) is 4.16. The first kappa shape index (κ1) is 10.6. The van der Waals surface area contributed by atoms with Gasteiger partial charge >= 0.3 is 0 Å². The highest BCUT2D eigenvalue weighted by atomic mass is 14.7. The number of hydrogen-bond donors (Lipinski definition) is 2. The zero-order valence-corrected chi connectivity index (χ0v) is 9.67. The molecule has 0 amide bonds. The summed E-state index contributed by atoms with van der Waals surface area (Å²) in [5.41, 5.74) is 11.1. The standard InChI is InChI=1S/C14H16N2/c1-9(2)4-6-12-13(15)7-5-11-8-10(3)16-14(11)12/h4-8,16H,1,15H2,2-3H3/b6-4-. The Balaban J connectivity index is 2.65. The summed E-state index contributed by atoms with van der Waals surface area (Å²) < 4.78 is 0. The van der Waals surface area contributed by atoms with Crippen molar-refractivity contribution in [1.82, 2.24) is 4.98 Å². The number of nitrogen functional groups attached to an aromatic ring is 1. The largest absolute Gasteiger partial charge is 0.398 e.